The van der Waals surface area contributed by atoms with Crippen molar-refractivity contribution in [3.05, 3.63) is 125 Å². The summed E-state index contributed by atoms with van der Waals surface area (Å²) in [5.74, 6) is 0.0347. The Labute approximate surface area is 298 Å². The Balaban J connectivity index is 1.16. The Morgan fingerprint density at radius 2 is 1.63 bits per heavy atom. The van der Waals surface area contributed by atoms with E-state index in [-0.39, 0.29) is 36.9 Å². The summed E-state index contributed by atoms with van der Waals surface area (Å²) in [6, 6.07) is 29.3. The molecule has 0 saturated carbocycles. The zero-order valence-corrected chi connectivity index (χ0v) is 28.8. The number of anilines is 1. The Kier molecular flexibility index (Phi) is 11.6. The van der Waals surface area contributed by atoms with Crippen LogP contribution < -0.4 is 10.6 Å². The predicted octanol–water partition coefficient (Wildman–Crippen LogP) is 5.35. The summed E-state index contributed by atoms with van der Waals surface area (Å²) in [5.41, 5.74) is 4.59. The number of hydrogen-bond donors (Lipinski definition) is 4. The number of carbonyl (C=O) groups is 2. The summed E-state index contributed by atoms with van der Waals surface area (Å²) in [6.07, 6.45) is -1.08. The first-order chi connectivity index (χ1) is 24.8. The lowest BCUT2D eigenvalue weighted by atomic mass is 9.91. The van der Waals surface area contributed by atoms with Gasteiger partial charge in [0, 0.05) is 29.3 Å². The number of esters is 1. The minimum Gasteiger partial charge on any atom is -0.508 e. The van der Waals surface area contributed by atoms with Crippen molar-refractivity contribution < 1.29 is 34.0 Å². The van der Waals surface area contributed by atoms with Crippen LogP contribution in [0.3, 0.4) is 0 Å². The van der Waals surface area contributed by atoms with Gasteiger partial charge in [-0.3, -0.25) is 0 Å². The van der Waals surface area contributed by atoms with E-state index in [0.717, 1.165) is 22.3 Å². The molecule has 1 fully saturated rings. The maximum absolute atomic E-state index is 12.9. The van der Waals surface area contributed by atoms with Gasteiger partial charge in [-0.2, -0.15) is 4.68 Å². The predicted molar refractivity (Wildman–Crippen MR) is 189 cm³/mol. The topological polar surface area (TPSA) is 170 Å². The molecule has 51 heavy (non-hydrogen) atoms. The van der Waals surface area contributed by atoms with E-state index < -0.39 is 24.3 Å². The van der Waals surface area contributed by atoms with E-state index in [0.29, 0.717) is 22.3 Å². The zero-order chi connectivity index (χ0) is 35.7. The molecule has 0 aliphatic carbocycles. The van der Waals surface area contributed by atoms with Crippen LogP contribution in [0, 0.1) is 5.92 Å². The largest absolute Gasteiger partial charge is 0.508 e. The number of nitrogens with one attached hydrogen (secondary N) is 2. The van der Waals surface area contributed by atoms with Gasteiger partial charge in [-0.25, -0.2) is 9.59 Å². The molecule has 0 unspecified atom stereocenters. The number of thioether (sulfide) groups is 1. The number of hydrogen-bond acceptors (Lipinski definition) is 11. The third-order valence-electron chi connectivity index (χ3n) is 8.55. The highest BCUT2D eigenvalue weighted by Crippen LogP contribution is 2.43. The van der Waals surface area contributed by atoms with Crippen molar-refractivity contribution in [1.82, 2.24) is 25.5 Å². The van der Waals surface area contributed by atoms with Gasteiger partial charge < -0.3 is 35.1 Å². The first kappa shape index (κ1) is 35.5. The van der Waals surface area contributed by atoms with E-state index in [4.69, 9.17) is 14.2 Å². The van der Waals surface area contributed by atoms with E-state index in [1.165, 1.54) is 18.9 Å². The minimum absolute atomic E-state index is 0.0586. The number of methoxy groups -OCH3 is 1. The first-order valence-electron chi connectivity index (χ1n) is 16.3. The molecule has 0 radical (unpaired) electrons. The van der Waals surface area contributed by atoms with E-state index in [1.807, 2.05) is 66.7 Å². The molecule has 5 aromatic rings. The lowest BCUT2D eigenvalue weighted by molar-refractivity contribution is -0.268. The van der Waals surface area contributed by atoms with Crippen LogP contribution in [0.4, 0.5) is 10.5 Å². The molecule has 1 aliphatic rings. The number of aromatic hydroxyl groups is 1. The van der Waals surface area contributed by atoms with E-state index >= 15 is 0 Å². The van der Waals surface area contributed by atoms with Crippen molar-refractivity contribution >= 4 is 29.4 Å². The summed E-state index contributed by atoms with van der Waals surface area (Å²) >= 11 is 1.44. The van der Waals surface area contributed by atoms with Crippen molar-refractivity contribution in [2.24, 2.45) is 5.92 Å². The molecule has 264 valence electrons. The number of phenols is 1. The lowest BCUT2D eigenvalue weighted by Gasteiger charge is -2.41. The van der Waals surface area contributed by atoms with E-state index in [9.17, 15) is 19.8 Å². The fraction of sp³-hybridized carbons (Fsp3) is 0.270. The van der Waals surface area contributed by atoms with Crippen LogP contribution in [0.15, 0.2) is 108 Å². The molecule has 13 nitrogen and oxygen atoms in total. The van der Waals surface area contributed by atoms with Crippen LogP contribution in [0.25, 0.3) is 5.69 Å². The van der Waals surface area contributed by atoms with Crippen LogP contribution in [0.1, 0.15) is 41.6 Å². The van der Waals surface area contributed by atoms with Gasteiger partial charge in [-0.15, -0.1) is 5.10 Å². The summed E-state index contributed by atoms with van der Waals surface area (Å²) < 4.78 is 19.7. The molecule has 4 aromatic carbocycles. The van der Waals surface area contributed by atoms with Gasteiger partial charge in [-0.05, 0) is 63.5 Å². The number of tetrazole rings is 1. The molecule has 0 bridgehead atoms. The Morgan fingerprint density at radius 1 is 0.922 bits per heavy atom. The van der Waals surface area contributed by atoms with Gasteiger partial charge in [0.25, 0.3) is 0 Å². The number of aliphatic hydroxyl groups is 1. The smallest absolute Gasteiger partial charge is 0.328 e. The van der Waals surface area contributed by atoms with Gasteiger partial charge in [0.1, 0.15) is 11.8 Å². The molecule has 4 N–H and O–H groups in total. The Bertz CT molecular complexity index is 1890. The first-order valence-corrected chi connectivity index (χ1v) is 17.3. The molecule has 1 saturated heterocycles. The normalized spacial score (nSPS) is 19.2. The third-order valence-corrected chi connectivity index (χ3v) is 9.56. The fourth-order valence-corrected chi connectivity index (χ4v) is 6.78. The highest BCUT2D eigenvalue weighted by molar-refractivity contribution is 7.99. The molecule has 2 amide bonds. The molecular formula is C37H38N6O7S. The van der Waals surface area contributed by atoms with Crippen LogP contribution in [-0.2, 0) is 32.0 Å². The van der Waals surface area contributed by atoms with Crippen molar-refractivity contribution in [3.8, 4) is 11.4 Å². The number of amides is 2. The minimum atomic E-state index is -0.869. The Morgan fingerprint density at radius 3 is 2.31 bits per heavy atom. The molecule has 14 heteroatoms. The highest BCUT2D eigenvalue weighted by Gasteiger charge is 2.38. The quantitative estimate of drug-likeness (QED) is 0.0973. The van der Waals surface area contributed by atoms with Crippen LogP contribution >= 0.6 is 11.8 Å². The number of ether oxygens (including phenoxy) is 3. The summed E-state index contributed by atoms with van der Waals surface area (Å²) in [5, 5.41) is 37.5. The molecule has 5 atom stereocenters. The van der Waals surface area contributed by atoms with Crippen molar-refractivity contribution in [2.45, 2.75) is 49.6 Å². The van der Waals surface area contributed by atoms with E-state index in [2.05, 4.69) is 33.1 Å². The number of urea groups is 1. The number of carbonyl (C=O) groups excluding carboxylic acids is 2. The molecular weight excluding hydrogens is 673 g/mol. The van der Waals surface area contributed by atoms with Gasteiger partial charge >= 0.3 is 12.0 Å². The molecule has 6 rings (SSSR count). The maximum atomic E-state index is 12.9. The second-order valence-electron chi connectivity index (χ2n) is 12.0. The fourth-order valence-electron chi connectivity index (χ4n) is 5.73. The maximum Gasteiger partial charge on any atom is 0.328 e. The van der Waals surface area contributed by atoms with Crippen molar-refractivity contribution in [2.75, 3.05) is 18.2 Å². The number of benzene rings is 4. The number of rotatable bonds is 12. The second-order valence-corrected chi connectivity index (χ2v) is 13.0. The lowest BCUT2D eigenvalue weighted by Crippen LogP contribution is -2.45. The van der Waals surface area contributed by atoms with Gasteiger partial charge in [0.2, 0.25) is 5.16 Å². The molecule has 0 spiro atoms. The second kappa shape index (κ2) is 16.6. The summed E-state index contributed by atoms with van der Waals surface area (Å²) in [4.78, 5) is 25.3. The monoisotopic (exact) mass is 710 g/mol. The molecule has 1 aromatic heterocycles. The van der Waals surface area contributed by atoms with Gasteiger partial charge in [0.05, 0.1) is 31.6 Å². The van der Waals surface area contributed by atoms with Gasteiger partial charge in [0.15, 0.2) is 6.29 Å². The number of aromatic nitrogens is 4. The van der Waals surface area contributed by atoms with Crippen molar-refractivity contribution in [3.63, 3.8) is 0 Å². The standard InChI is InChI=1S/C37H38N6O7S/c1-23-32(22-51-37-40-41-42-43(37)29-16-18-30(45)19-17-29)49-35(50-33(23)26-10-8-25(21-44)9-11-26)27-12-14-28(15-13-27)38-36(47)39-31(34(46)48-2)20-24-6-4-3-5-7-24/h3-19,23,31-33,35,44-45H,20-22H2,1-2H3,(H2,38,39,47)/t23-,31-,32+,33+,35+/m0/s1. The number of phenolic OH excluding ortho intramolecular Hbond substituents is 1. The number of nitrogens with zero attached hydrogens (tertiary/aromatic N) is 4. The average Bonchev–Trinajstić information content (AvgIpc) is 3.63. The highest BCUT2D eigenvalue weighted by atomic mass is 32.2. The van der Waals surface area contributed by atoms with Crippen LogP contribution in [0.5, 0.6) is 5.75 Å². The van der Waals surface area contributed by atoms with Crippen LogP contribution in [0.2, 0.25) is 0 Å². The average molecular weight is 711 g/mol. The number of aliphatic hydroxyl groups excluding tert-OH is 1. The van der Waals surface area contributed by atoms with Gasteiger partial charge in [-0.1, -0.05) is 85.4 Å². The zero-order valence-electron chi connectivity index (χ0n) is 28.0. The SMILES string of the molecule is COC(=O)[C@H](Cc1ccccc1)NC(=O)Nc1ccc([C@@H]2O[C@H](CSc3nnnn3-c3ccc(O)cc3)[C@H](C)[C@H](c3ccc(CO)cc3)O2)cc1. The van der Waals surface area contributed by atoms with Crippen LogP contribution in [-0.4, -0.2) is 67.4 Å². The summed E-state index contributed by atoms with van der Waals surface area (Å²) in [6.45, 7) is 2.01. The third kappa shape index (κ3) is 8.91. The Hall–Kier alpha value is -5.28. The van der Waals surface area contributed by atoms with E-state index in [1.54, 1.807) is 41.1 Å². The summed E-state index contributed by atoms with van der Waals surface area (Å²) in [7, 11) is 1.29. The molecule has 1 aliphatic heterocycles. The molecule has 2 heterocycles. The van der Waals surface area contributed by atoms with Crippen molar-refractivity contribution in [1.29, 1.82) is 0 Å².